The third kappa shape index (κ3) is 1.19. The summed E-state index contributed by atoms with van der Waals surface area (Å²) in [6.45, 7) is 0. The number of pyridine rings is 1. The fraction of sp³-hybridized carbons (Fsp3) is 0.100. The number of carboxylic acids is 1. The number of hydrogen-bond acceptors (Lipinski definition) is 4. The van der Waals surface area contributed by atoms with Crippen molar-refractivity contribution in [2.24, 2.45) is 7.05 Å². The van der Waals surface area contributed by atoms with Crippen LogP contribution in [-0.4, -0.2) is 30.8 Å². The van der Waals surface area contributed by atoms with Crippen LogP contribution in [0, 0.1) is 0 Å². The standard InChI is InChI=1S/C10H9N5O2/c1-15-8-4(3-12-15)9(11)14-5-2-6(10(16)17)13-7(5)8/h2-3,12H,1H3,(H2,11,14)(H,16,17). The molecule has 0 unspecified atom stereocenters. The summed E-state index contributed by atoms with van der Waals surface area (Å²) in [7, 11) is 1.80. The van der Waals surface area contributed by atoms with Gasteiger partial charge in [-0.25, -0.2) is 14.8 Å². The summed E-state index contributed by atoms with van der Waals surface area (Å²) in [5.41, 5.74) is 7.55. The van der Waals surface area contributed by atoms with Gasteiger partial charge in [-0.15, -0.1) is 0 Å². The van der Waals surface area contributed by atoms with Crippen LogP contribution < -0.4 is 5.73 Å². The molecular weight excluding hydrogens is 222 g/mol. The molecule has 4 N–H and O–H groups in total. The van der Waals surface area contributed by atoms with E-state index in [1.807, 2.05) is 0 Å². The lowest BCUT2D eigenvalue weighted by molar-refractivity contribution is 0.0691. The summed E-state index contributed by atoms with van der Waals surface area (Å²) in [5.74, 6) is -0.721. The van der Waals surface area contributed by atoms with E-state index in [0.717, 1.165) is 10.9 Å². The van der Waals surface area contributed by atoms with Gasteiger partial charge < -0.3 is 15.9 Å². The molecule has 3 aromatic rings. The Labute approximate surface area is 94.9 Å². The minimum absolute atomic E-state index is 0.0272. The Morgan fingerprint density at radius 1 is 1.53 bits per heavy atom. The van der Waals surface area contributed by atoms with E-state index in [1.165, 1.54) is 6.07 Å². The van der Waals surface area contributed by atoms with Gasteiger partial charge in [0.2, 0.25) is 0 Å². The Kier molecular flexibility index (Phi) is 1.68. The van der Waals surface area contributed by atoms with Crippen molar-refractivity contribution in [3.8, 4) is 0 Å². The van der Waals surface area contributed by atoms with Gasteiger partial charge in [0.25, 0.3) is 0 Å². The Hall–Kier alpha value is -2.57. The van der Waals surface area contributed by atoms with Crippen molar-refractivity contribution in [3.63, 3.8) is 0 Å². The van der Waals surface area contributed by atoms with Gasteiger partial charge in [0.1, 0.15) is 11.3 Å². The number of aromatic amines is 1. The number of carbonyl (C=O) groups is 1. The number of nitrogens with zero attached hydrogens (tertiary/aromatic N) is 3. The molecule has 0 amide bonds. The summed E-state index contributed by atoms with van der Waals surface area (Å²) >= 11 is 0. The maximum Gasteiger partial charge on any atom is 0.354 e. The Balaban J connectivity index is 2.53. The van der Waals surface area contributed by atoms with Crippen LogP contribution in [-0.2, 0) is 7.05 Å². The Morgan fingerprint density at radius 2 is 2.29 bits per heavy atom. The van der Waals surface area contributed by atoms with Gasteiger partial charge in [0, 0.05) is 13.2 Å². The summed E-state index contributed by atoms with van der Waals surface area (Å²) in [4.78, 5) is 19.1. The first-order valence-corrected chi connectivity index (χ1v) is 4.91. The average molecular weight is 231 g/mol. The zero-order chi connectivity index (χ0) is 12.2. The molecule has 3 heterocycles. The monoisotopic (exact) mass is 231 g/mol. The second-order valence-corrected chi connectivity index (χ2v) is 3.77. The van der Waals surface area contributed by atoms with Crippen molar-refractivity contribution >= 4 is 33.7 Å². The lowest BCUT2D eigenvalue weighted by atomic mass is 10.2. The molecule has 0 spiro atoms. The molecule has 0 saturated carbocycles. The Bertz CT molecular complexity index is 755. The van der Waals surface area contributed by atoms with E-state index in [-0.39, 0.29) is 5.69 Å². The maximum absolute atomic E-state index is 10.9. The number of nitrogen functional groups attached to an aromatic ring is 1. The minimum atomic E-state index is -1.08. The largest absolute Gasteiger partial charge is 0.477 e. The van der Waals surface area contributed by atoms with Crippen molar-refractivity contribution in [2.75, 3.05) is 5.73 Å². The zero-order valence-corrected chi connectivity index (χ0v) is 8.93. The van der Waals surface area contributed by atoms with Gasteiger partial charge in [-0.05, 0) is 6.07 Å². The van der Waals surface area contributed by atoms with Crippen LogP contribution in [0.1, 0.15) is 10.5 Å². The number of carboxylic acid groups (broad SMARTS) is 1. The van der Waals surface area contributed by atoms with Crippen LogP contribution >= 0.6 is 0 Å². The molecule has 3 rings (SSSR count). The van der Waals surface area contributed by atoms with Crippen molar-refractivity contribution in [2.45, 2.75) is 0 Å². The van der Waals surface area contributed by atoms with E-state index in [1.54, 1.807) is 17.9 Å². The molecule has 0 aliphatic heterocycles. The smallest absolute Gasteiger partial charge is 0.354 e. The highest BCUT2D eigenvalue weighted by Crippen LogP contribution is 2.27. The number of anilines is 1. The molecule has 0 aliphatic carbocycles. The normalized spacial score (nSPS) is 11.4. The number of aryl methyl sites for hydroxylation is 1. The minimum Gasteiger partial charge on any atom is -0.477 e. The van der Waals surface area contributed by atoms with E-state index in [0.29, 0.717) is 16.9 Å². The maximum atomic E-state index is 10.9. The molecule has 0 saturated heterocycles. The molecule has 7 nitrogen and oxygen atoms in total. The third-order valence-corrected chi connectivity index (χ3v) is 2.70. The number of hydrogen-bond donors (Lipinski definition) is 3. The van der Waals surface area contributed by atoms with Crippen molar-refractivity contribution in [1.82, 2.24) is 19.7 Å². The fourth-order valence-corrected chi connectivity index (χ4v) is 1.92. The molecule has 0 fully saturated rings. The van der Waals surface area contributed by atoms with E-state index in [2.05, 4.69) is 15.1 Å². The van der Waals surface area contributed by atoms with Gasteiger partial charge in [-0.3, -0.25) is 4.68 Å². The summed E-state index contributed by atoms with van der Waals surface area (Å²) < 4.78 is 1.73. The number of H-pyrrole nitrogens is 1. The average Bonchev–Trinajstić information content (AvgIpc) is 2.82. The molecule has 0 radical (unpaired) electrons. The van der Waals surface area contributed by atoms with Crippen LogP contribution in [0.3, 0.4) is 0 Å². The number of fused-ring (bicyclic) bond motifs is 3. The topological polar surface area (TPSA) is 110 Å². The summed E-state index contributed by atoms with van der Waals surface area (Å²) in [6, 6.07) is 1.42. The quantitative estimate of drug-likeness (QED) is 0.571. The predicted octanol–water partition coefficient (Wildman–Crippen LogP) is 0.730. The van der Waals surface area contributed by atoms with Crippen LogP contribution in [0.25, 0.3) is 21.9 Å². The molecule has 86 valence electrons. The molecule has 0 bridgehead atoms. The van der Waals surface area contributed by atoms with Gasteiger partial charge in [-0.2, -0.15) is 0 Å². The van der Waals surface area contributed by atoms with Gasteiger partial charge in [-0.1, -0.05) is 0 Å². The molecule has 0 aliphatic rings. The lowest BCUT2D eigenvalue weighted by Crippen LogP contribution is -1.96. The highest BCUT2D eigenvalue weighted by Gasteiger charge is 2.16. The molecule has 7 heteroatoms. The van der Waals surface area contributed by atoms with E-state index < -0.39 is 5.97 Å². The molecule has 17 heavy (non-hydrogen) atoms. The third-order valence-electron chi connectivity index (χ3n) is 2.70. The molecular formula is C10H9N5O2. The van der Waals surface area contributed by atoms with E-state index in [9.17, 15) is 4.79 Å². The zero-order valence-electron chi connectivity index (χ0n) is 8.93. The number of nitrogens with one attached hydrogen (secondary N) is 1. The van der Waals surface area contributed by atoms with Crippen molar-refractivity contribution in [3.05, 3.63) is 18.0 Å². The second kappa shape index (κ2) is 2.97. The highest BCUT2D eigenvalue weighted by molar-refractivity contribution is 6.08. The van der Waals surface area contributed by atoms with Gasteiger partial charge in [0.15, 0.2) is 5.69 Å². The van der Waals surface area contributed by atoms with Crippen LogP contribution in [0.2, 0.25) is 0 Å². The Morgan fingerprint density at radius 3 is 3.00 bits per heavy atom. The first kappa shape index (κ1) is 9.64. The van der Waals surface area contributed by atoms with Crippen molar-refractivity contribution in [1.29, 1.82) is 0 Å². The first-order chi connectivity index (χ1) is 8.08. The fourth-order valence-electron chi connectivity index (χ4n) is 1.92. The second-order valence-electron chi connectivity index (χ2n) is 3.77. The number of aromatic carboxylic acids is 1. The number of rotatable bonds is 1. The number of nitrogens with two attached hydrogens (primary N) is 1. The highest BCUT2D eigenvalue weighted by atomic mass is 16.4. The van der Waals surface area contributed by atoms with Gasteiger partial charge in [0.05, 0.1) is 16.4 Å². The van der Waals surface area contributed by atoms with E-state index >= 15 is 0 Å². The van der Waals surface area contributed by atoms with Crippen LogP contribution in [0.4, 0.5) is 5.82 Å². The van der Waals surface area contributed by atoms with E-state index in [4.69, 9.17) is 10.8 Å². The van der Waals surface area contributed by atoms with Crippen molar-refractivity contribution < 1.29 is 9.90 Å². The number of aromatic nitrogens is 4. The summed E-state index contributed by atoms with van der Waals surface area (Å²) in [6.07, 6.45) is 1.71. The molecule has 0 aromatic carbocycles. The first-order valence-electron chi connectivity index (χ1n) is 4.91. The summed E-state index contributed by atoms with van der Waals surface area (Å²) in [5, 5.41) is 12.6. The lowest BCUT2D eigenvalue weighted by Gasteiger charge is -1.98. The molecule has 3 aromatic heterocycles. The predicted molar refractivity (Wildman–Crippen MR) is 61.7 cm³/mol. The SMILES string of the molecule is Cn1[nH]cc2c(N)nc3cc(C(=O)O)nc3c21. The van der Waals surface area contributed by atoms with Crippen LogP contribution in [0.15, 0.2) is 12.3 Å². The van der Waals surface area contributed by atoms with Gasteiger partial charge >= 0.3 is 5.97 Å². The molecule has 0 atom stereocenters. The van der Waals surface area contributed by atoms with Crippen LogP contribution in [0.5, 0.6) is 0 Å².